The fourth-order valence-corrected chi connectivity index (χ4v) is 1.49. The van der Waals surface area contributed by atoms with Crippen LogP contribution in [-0.4, -0.2) is 29.1 Å². The average Bonchev–Trinajstić information content (AvgIpc) is 2.34. The minimum atomic E-state index is -0.583. The third kappa shape index (κ3) is 3.40. The number of aliphatic hydroxyl groups is 1. The number of nitrogens with zero attached hydrogens (tertiary/aromatic N) is 1. The Morgan fingerprint density at radius 1 is 1.53 bits per heavy atom. The van der Waals surface area contributed by atoms with E-state index in [-0.39, 0.29) is 30.3 Å². The molecule has 1 amide bonds. The van der Waals surface area contributed by atoms with Crippen LogP contribution >= 0.6 is 11.6 Å². The monoisotopic (exact) mass is 258 g/mol. The Balaban J connectivity index is 2.99. The van der Waals surface area contributed by atoms with E-state index in [9.17, 15) is 14.9 Å². The fraction of sp³-hybridized carbons (Fsp3) is 0.300. The Morgan fingerprint density at radius 3 is 2.76 bits per heavy atom. The van der Waals surface area contributed by atoms with E-state index in [2.05, 4.69) is 5.32 Å². The highest BCUT2D eigenvalue weighted by Gasteiger charge is 2.16. The van der Waals surface area contributed by atoms with Crippen LogP contribution < -0.4 is 5.32 Å². The molecule has 0 aliphatic heterocycles. The van der Waals surface area contributed by atoms with Gasteiger partial charge in [0, 0.05) is 23.7 Å². The Kier molecular flexibility index (Phi) is 4.86. The Hall–Kier alpha value is -1.66. The largest absolute Gasteiger partial charge is 0.395 e. The Morgan fingerprint density at radius 2 is 2.24 bits per heavy atom. The molecular formula is C10H11ClN2O4. The number of carbonyl (C=O) groups is 1. The molecule has 7 heteroatoms. The number of benzene rings is 1. The smallest absolute Gasteiger partial charge is 0.274 e. The molecule has 0 saturated heterocycles. The van der Waals surface area contributed by atoms with E-state index in [1.807, 2.05) is 0 Å². The van der Waals surface area contributed by atoms with E-state index >= 15 is 0 Å². The number of halogens is 1. The standard InChI is InChI=1S/C10H11ClN2O4/c11-6-8-2-1-7(5-9(8)13(16)17)10(15)12-3-4-14/h1-2,5,14H,3-4,6H2,(H,12,15). The third-order valence-corrected chi connectivity index (χ3v) is 2.37. The molecule has 0 unspecified atom stereocenters. The van der Waals surface area contributed by atoms with Crippen LogP contribution in [0.2, 0.25) is 0 Å². The number of alkyl halides is 1. The first kappa shape index (κ1) is 13.4. The van der Waals surface area contributed by atoms with Gasteiger partial charge in [0.2, 0.25) is 0 Å². The summed E-state index contributed by atoms with van der Waals surface area (Å²) in [5.41, 5.74) is 0.339. The highest BCUT2D eigenvalue weighted by Crippen LogP contribution is 2.21. The van der Waals surface area contributed by atoms with Gasteiger partial charge in [0.15, 0.2) is 0 Å². The Labute approximate surface area is 102 Å². The SMILES string of the molecule is O=C(NCCO)c1ccc(CCl)c([N+](=O)[O-])c1. The molecule has 0 bridgehead atoms. The molecule has 0 atom stereocenters. The Bertz CT molecular complexity index is 436. The molecule has 0 aliphatic rings. The van der Waals surface area contributed by atoms with Gasteiger partial charge in [0.05, 0.1) is 17.4 Å². The molecule has 0 aromatic heterocycles. The van der Waals surface area contributed by atoms with Crippen LogP contribution in [0.4, 0.5) is 5.69 Å². The molecule has 0 aliphatic carbocycles. The van der Waals surface area contributed by atoms with Crippen LogP contribution in [0.3, 0.4) is 0 Å². The van der Waals surface area contributed by atoms with Crippen LogP contribution in [0.15, 0.2) is 18.2 Å². The van der Waals surface area contributed by atoms with Gasteiger partial charge in [-0.3, -0.25) is 14.9 Å². The third-order valence-electron chi connectivity index (χ3n) is 2.09. The summed E-state index contributed by atoms with van der Waals surface area (Å²) in [5.74, 6) is -0.460. The van der Waals surface area contributed by atoms with Crippen molar-refractivity contribution in [3.63, 3.8) is 0 Å². The summed E-state index contributed by atoms with van der Waals surface area (Å²) in [6.45, 7) is -0.0858. The topological polar surface area (TPSA) is 92.5 Å². The van der Waals surface area contributed by atoms with Crippen molar-refractivity contribution < 1.29 is 14.8 Å². The maximum Gasteiger partial charge on any atom is 0.274 e. The predicted octanol–water partition coefficient (Wildman–Crippen LogP) is 1.06. The normalized spacial score (nSPS) is 10.0. The molecule has 0 spiro atoms. The molecule has 1 aromatic rings. The van der Waals surface area contributed by atoms with E-state index in [0.29, 0.717) is 5.56 Å². The van der Waals surface area contributed by atoms with Gasteiger partial charge in [-0.1, -0.05) is 6.07 Å². The number of rotatable bonds is 5. The lowest BCUT2D eigenvalue weighted by Crippen LogP contribution is -2.26. The predicted molar refractivity (Wildman–Crippen MR) is 62.1 cm³/mol. The molecule has 1 rings (SSSR count). The van der Waals surface area contributed by atoms with E-state index < -0.39 is 10.8 Å². The minimum absolute atomic E-state index is 0.00878. The molecule has 6 nitrogen and oxygen atoms in total. The summed E-state index contributed by atoms with van der Waals surface area (Å²) in [6.07, 6.45) is 0. The zero-order valence-electron chi connectivity index (χ0n) is 8.85. The lowest BCUT2D eigenvalue weighted by Gasteiger charge is -2.04. The van der Waals surface area contributed by atoms with Gasteiger partial charge in [-0.05, 0) is 6.07 Å². The quantitative estimate of drug-likeness (QED) is 0.469. The number of hydrogen-bond donors (Lipinski definition) is 2. The van der Waals surface area contributed by atoms with Gasteiger partial charge < -0.3 is 10.4 Å². The van der Waals surface area contributed by atoms with Gasteiger partial charge in [-0.2, -0.15) is 0 Å². The van der Waals surface area contributed by atoms with E-state index in [4.69, 9.17) is 16.7 Å². The van der Waals surface area contributed by atoms with Crippen molar-refractivity contribution >= 4 is 23.2 Å². The van der Waals surface area contributed by atoms with Crippen LogP contribution in [-0.2, 0) is 5.88 Å². The average molecular weight is 259 g/mol. The number of nitro groups is 1. The molecule has 2 N–H and O–H groups in total. The zero-order chi connectivity index (χ0) is 12.8. The molecule has 17 heavy (non-hydrogen) atoms. The molecule has 0 radical (unpaired) electrons. The van der Waals surface area contributed by atoms with Crippen molar-refractivity contribution in [3.05, 3.63) is 39.4 Å². The van der Waals surface area contributed by atoms with Crippen LogP contribution in [0, 0.1) is 10.1 Å². The van der Waals surface area contributed by atoms with Gasteiger partial charge in [-0.15, -0.1) is 11.6 Å². The highest BCUT2D eigenvalue weighted by atomic mass is 35.5. The lowest BCUT2D eigenvalue weighted by atomic mass is 10.1. The minimum Gasteiger partial charge on any atom is -0.395 e. The number of carbonyl (C=O) groups excluding carboxylic acids is 1. The van der Waals surface area contributed by atoms with E-state index in [0.717, 1.165) is 0 Å². The first-order chi connectivity index (χ1) is 8.10. The van der Waals surface area contributed by atoms with Crippen molar-refractivity contribution in [1.29, 1.82) is 0 Å². The summed E-state index contributed by atoms with van der Waals surface area (Å²) in [4.78, 5) is 21.7. The molecule has 92 valence electrons. The summed E-state index contributed by atoms with van der Waals surface area (Å²) in [6, 6.07) is 4.07. The van der Waals surface area contributed by atoms with Crippen molar-refractivity contribution in [3.8, 4) is 0 Å². The number of aliphatic hydroxyl groups excluding tert-OH is 1. The van der Waals surface area contributed by atoms with E-state index in [1.54, 1.807) is 0 Å². The molecular weight excluding hydrogens is 248 g/mol. The van der Waals surface area contributed by atoms with Gasteiger partial charge in [-0.25, -0.2) is 0 Å². The number of amides is 1. The van der Waals surface area contributed by atoms with Crippen LogP contribution in [0.25, 0.3) is 0 Å². The first-order valence-electron chi connectivity index (χ1n) is 4.82. The number of nitrogens with one attached hydrogen (secondary N) is 1. The highest BCUT2D eigenvalue weighted by molar-refractivity contribution is 6.17. The van der Waals surface area contributed by atoms with Crippen molar-refractivity contribution in [2.45, 2.75) is 5.88 Å². The fourth-order valence-electron chi connectivity index (χ4n) is 1.26. The van der Waals surface area contributed by atoms with Gasteiger partial charge in [0.25, 0.3) is 11.6 Å². The van der Waals surface area contributed by atoms with Crippen molar-refractivity contribution in [2.24, 2.45) is 0 Å². The maximum absolute atomic E-state index is 11.5. The summed E-state index contributed by atoms with van der Waals surface area (Å²) in [5, 5.41) is 21.7. The first-order valence-corrected chi connectivity index (χ1v) is 5.36. The second-order valence-electron chi connectivity index (χ2n) is 3.21. The van der Waals surface area contributed by atoms with E-state index in [1.165, 1.54) is 18.2 Å². The molecule has 0 fully saturated rings. The molecule has 1 aromatic carbocycles. The van der Waals surface area contributed by atoms with Crippen molar-refractivity contribution in [1.82, 2.24) is 5.32 Å². The summed E-state index contributed by atoms with van der Waals surface area (Å²) < 4.78 is 0. The number of nitro benzene ring substituents is 1. The maximum atomic E-state index is 11.5. The van der Waals surface area contributed by atoms with Gasteiger partial charge >= 0.3 is 0 Å². The number of hydrogen-bond acceptors (Lipinski definition) is 4. The van der Waals surface area contributed by atoms with Crippen LogP contribution in [0.1, 0.15) is 15.9 Å². The molecule has 0 heterocycles. The van der Waals surface area contributed by atoms with Crippen LogP contribution in [0.5, 0.6) is 0 Å². The second kappa shape index (κ2) is 6.17. The zero-order valence-corrected chi connectivity index (χ0v) is 9.61. The lowest BCUT2D eigenvalue weighted by molar-refractivity contribution is -0.385. The van der Waals surface area contributed by atoms with Crippen molar-refractivity contribution in [2.75, 3.05) is 13.2 Å². The second-order valence-corrected chi connectivity index (χ2v) is 3.48. The molecule has 0 saturated carbocycles. The summed E-state index contributed by atoms with van der Waals surface area (Å²) >= 11 is 5.55. The van der Waals surface area contributed by atoms with Gasteiger partial charge in [0.1, 0.15) is 0 Å². The summed E-state index contributed by atoms with van der Waals surface area (Å²) in [7, 11) is 0.